The lowest BCUT2D eigenvalue weighted by Gasteiger charge is -2.38. The molecular formula is C14H20BrFN4. The summed E-state index contributed by atoms with van der Waals surface area (Å²) >= 11 is 3.45. The topological polar surface area (TPSA) is 44.9 Å². The molecule has 2 rings (SSSR count). The number of likely N-dealkylation sites (N-methyl/N-ethyl adjacent to an activating group) is 1. The third-order valence-electron chi connectivity index (χ3n) is 3.70. The van der Waals surface area contributed by atoms with Crippen molar-refractivity contribution in [3.05, 3.63) is 34.1 Å². The van der Waals surface area contributed by atoms with Crippen molar-refractivity contribution in [1.82, 2.24) is 9.80 Å². The second-order valence-corrected chi connectivity index (χ2v) is 6.38. The fourth-order valence-electron chi connectivity index (χ4n) is 2.48. The van der Waals surface area contributed by atoms with E-state index in [1.807, 2.05) is 14.1 Å². The highest BCUT2D eigenvalue weighted by Crippen LogP contribution is 2.36. The average molecular weight is 343 g/mol. The minimum Gasteiger partial charge on any atom is -0.370 e. The molecule has 1 aliphatic rings. The zero-order valence-electron chi connectivity index (χ0n) is 12.0. The zero-order chi connectivity index (χ0) is 14.9. The molecule has 4 nitrogen and oxygen atoms in total. The van der Waals surface area contributed by atoms with Gasteiger partial charge in [0.25, 0.3) is 0 Å². The fraction of sp³-hybridized carbons (Fsp3) is 0.500. The van der Waals surface area contributed by atoms with E-state index in [0.717, 1.165) is 23.1 Å². The molecule has 0 bridgehead atoms. The van der Waals surface area contributed by atoms with Crippen LogP contribution < -0.4 is 5.73 Å². The number of guanidine groups is 1. The standard InChI is InChI=1S/C14H20BrFN4/c1-14(11-5-4-10(16)8-12(11)15)9-18-13(17)20(14)7-6-19(2)3/h4-5,8H,6-7,9H2,1-3H3,(H2,17,18). The highest BCUT2D eigenvalue weighted by atomic mass is 79.9. The van der Waals surface area contributed by atoms with Gasteiger partial charge in [0, 0.05) is 17.6 Å². The minimum absolute atomic E-state index is 0.254. The van der Waals surface area contributed by atoms with Gasteiger partial charge in [-0.15, -0.1) is 0 Å². The Bertz CT molecular complexity index is 532. The van der Waals surface area contributed by atoms with Crippen LogP contribution in [0, 0.1) is 5.82 Å². The Balaban J connectivity index is 2.32. The fourth-order valence-corrected chi connectivity index (χ4v) is 3.25. The molecule has 0 spiro atoms. The van der Waals surface area contributed by atoms with Crippen LogP contribution >= 0.6 is 15.9 Å². The van der Waals surface area contributed by atoms with E-state index < -0.39 is 0 Å². The summed E-state index contributed by atoms with van der Waals surface area (Å²) in [5.41, 5.74) is 6.69. The number of aliphatic imine (C=N–C) groups is 1. The van der Waals surface area contributed by atoms with Crippen molar-refractivity contribution in [3.8, 4) is 0 Å². The lowest BCUT2D eigenvalue weighted by atomic mass is 9.91. The van der Waals surface area contributed by atoms with Crippen molar-refractivity contribution in [2.75, 3.05) is 33.7 Å². The molecule has 20 heavy (non-hydrogen) atoms. The van der Waals surface area contributed by atoms with E-state index in [1.54, 1.807) is 6.07 Å². The SMILES string of the molecule is CN(C)CCN1C(N)=NCC1(C)c1ccc(F)cc1Br. The van der Waals surface area contributed by atoms with Crippen LogP contribution in [-0.4, -0.2) is 49.5 Å². The Morgan fingerprint density at radius 1 is 1.50 bits per heavy atom. The van der Waals surface area contributed by atoms with Crippen molar-refractivity contribution in [3.63, 3.8) is 0 Å². The predicted molar refractivity (Wildman–Crippen MR) is 83.2 cm³/mol. The third kappa shape index (κ3) is 2.81. The lowest BCUT2D eigenvalue weighted by molar-refractivity contribution is 0.204. The number of hydrogen-bond donors (Lipinski definition) is 1. The van der Waals surface area contributed by atoms with Gasteiger partial charge in [-0.1, -0.05) is 22.0 Å². The Labute approximate surface area is 127 Å². The van der Waals surface area contributed by atoms with Crippen LogP contribution in [0.25, 0.3) is 0 Å². The van der Waals surface area contributed by atoms with E-state index in [-0.39, 0.29) is 11.4 Å². The predicted octanol–water partition coefficient (Wildman–Crippen LogP) is 2.00. The van der Waals surface area contributed by atoms with Crippen molar-refractivity contribution < 1.29 is 4.39 Å². The molecule has 1 atom stereocenters. The average Bonchev–Trinajstić information content (AvgIpc) is 2.63. The van der Waals surface area contributed by atoms with Gasteiger partial charge < -0.3 is 15.5 Å². The van der Waals surface area contributed by atoms with E-state index in [4.69, 9.17) is 5.73 Å². The molecule has 0 amide bonds. The van der Waals surface area contributed by atoms with Gasteiger partial charge >= 0.3 is 0 Å². The highest BCUT2D eigenvalue weighted by Gasteiger charge is 2.40. The summed E-state index contributed by atoms with van der Waals surface area (Å²) in [7, 11) is 4.04. The maximum Gasteiger partial charge on any atom is 0.192 e. The van der Waals surface area contributed by atoms with Crippen molar-refractivity contribution in [1.29, 1.82) is 0 Å². The van der Waals surface area contributed by atoms with Crippen LogP contribution in [0.4, 0.5) is 4.39 Å². The first kappa shape index (κ1) is 15.3. The molecule has 0 radical (unpaired) electrons. The second kappa shape index (κ2) is 5.69. The smallest absolute Gasteiger partial charge is 0.192 e. The summed E-state index contributed by atoms with van der Waals surface area (Å²) in [4.78, 5) is 8.57. The number of rotatable bonds is 4. The monoisotopic (exact) mass is 342 g/mol. The van der Waals surface area contributed by atoms with Crippen LogP contribution in [0.1, 0.15) is 12.5 Å². The summed E-state index contributed by atoms with van der Waals surface area (Å²) < 4.78 is 14.0. The maximum absolute atomic E-state index is 13.3. The van der Waals surface area contributed by atoms with E-state index >= 15 is 0 Å². The lowest BCUT2D eigenvalue weighted by Crippen LogP contribution is -2.50. The molecule has 1 unspecified atom stereocenters. The summed E-state index contributed by atoms with van der Waals surface area (Å²) in [5, 5.41) is 0. The number of halogens is 2. The van der Waals surface area contributed by atoms with Gasteiger partial charge in [0.15, 0.2) is 5.96 Å². The number of nitrogens with two attached hydrogens (primary N) is 1. The molecule has 0 saturated heterocycles. The van der Waals surface area contributed by atoms with E-state index in [2.05, 4.69) is 37.6 Å². The minimum atomic E-state index is -0.341. The molecule has 6 heteroatoms. The molecule has 0 aliphatic carbocycles. The normalized spacial score (nSPS) is 22.5. The highest BCUT2D eigenvalue weighted by molar-refractivity contribution is 9.10. The summed E-state index contributed by atoms with van der Waals surface area (Å²) in [6, 6.07) is 4.76. The van der Waals surface area contributed by atoms with Gasteiger partial charge in [-0.25, -0.2) is 4.39 Å². The molecule has 110 valence electrons. The van der Waals surface area contributed by atoms with Crippen LogP contribution in [0.3, 0.4) is 0 Å². The first-order valence-corrected chi connectivity index (χ1v) is 7.32. The molecule has 0 fully saturated rings. The van der Waals surface area contributed by atoms with Gasteiger partial charge in [0.05, 0.1) is 12.1 Å². The van der Waals surface area contributed by atoms with Gasteiger partial charge in [-0.3, -0.25) is 4.99 Å². The largest absolute Gasteiger partial charge is 0.370 e. The molecule has 0 saturated carbocycles. The van der Waals surface area contributed by atoms with Gasteiger partial charge in [-0.2, -0.15) is 0 Å². The first-order valence-electron chi connectivity index (χ1n) is 6.52. The molecule has 0 aromatic heterocycles. The van der Waals surface area contributed by atoms with Gasteiger partial charge in [-0.05, 0) is 38.7 Å². The molecule has 1 heterocycles. The molecule has 1 aromatic carbocycles. The van der Waals surface area contributed by atoms with Crippen LogP contribution in [0.15, 0.2) is 27.7 Å². The van der Waals surface area contributed by atoms with Gasteiger partial charge in [0.1, 0.15) is 5.82 Å². The molecule has 2 N–H and O–H groups in total. The van der Waals surface area contributed by atoms with Crippen molar-refractivity contribution in [2.24, 2.45) is 10.7 Å². The summed E-state index contributed by atoms with van der Waals surface area (Å²) in [6.45, 7) is 4.33. The number of nitrogens with zero attached hydrogens (tertiary/aromatic N) is 3. The second-order valence-electron chi connectivity index (χ2n) is 5.53. The van der Waals surface area contributed by atoms with Crippen molar-refractivity contribution >= 4 is 21.9 Å². The first-order chi connectivity index (χ1) is 9.34. The maximum atomic E-state index is 13.3. The van der Waals surface area contributed by atoms with Crippen LogP contribution in [0.2, 0.25) is 0 Å². The summed E-state index contributed by atoms with van der Waals surface area (Å²) in [6.07, 6.45) is 0. The van der Waals surface area contributed by atoms with Crippen LogP contribution in [0.5, 0.6) is 0 Å². The van der Waals surface area contributed by atoms with Crippen LogP contribution in [-0.2, 0) is 5.54 Å². The summed E-state index contributed by atoms with van der Waals surface area (Å²) in [5.74, 6) is 0.293. The number of hydrogen-bond acceptors (Lipinski definition) is 4. The van der Waals surface area contributed by atoms with E-state index in [1.165, 1.54) is 12.1 Å². The molecule has 1 aliphatic heterocycles. The Hall–Kier alpha value is -1.14. The number of benzene rings is 1. The third-order valence-corrected chi connectivity index (χ3v) is 4.36. The van der Waals surface area contributed by atoms with Gasteiger partial charge in [0.2, 0.25) is 0 Å². The zero-order valence-corrected chi connectivity index (χ0v) is 13.6. The Morgan fingerprint density at radius 3 is 2.80 bits per heavy atom. The van der Waals surface area contributed by atoms with Crippen molar-refractivity contribution in [2.45, 2.75) is 12.5 Å². The Kier molecular flexibility index (Phi) is 4.34. The Morgan fingerprint density at radius 2 is 2.20 bits per heavy atom. The molecule has 1 aromatic rings. The van der Waals surface area contributed by atoms with E-state index in [9.17, 15) is 4.39 Å². The van der Waals surface area contributed by atoms with E-state index in [0.29, 0.717) is 12.5 Å². The molecular weight excluding hydrogens is 323 g/mol. The quantitative estimate of drug-likeness (QED) is 0.910.